The van der Waals surface area contributed by atoms with Gasteiger partial charge in [0.15, 0.2) is 0 Å². The standard InChI is InChI=1S/C12H8ClF3N2O/c13-11-17-6-5-9(18-11)7-8-1-3-10(4-2-8)19-12(14,15)16/h1-6H,7H2. The summed E-state index contributed by atoms with van der Waals surface area (Å²) in [7, 11) is 0. The molecular formula is C12H8ClF3N2O. The van der Waals surface area contributed by atoms with E-state index in [1.807, 2.05) is 0 Å². The minimum absolute atomic E-state index is 0.134. The molecule has 0 bridgehead atoms. The Morgan fingerprint density at radius 1 is 1.11 bits per heavy atom. The Bertz CT molecular complexity index is 558. The average molecular weight is 289 g/mol. The van der Waals surface area contributed by atoms with Crippen molar-refractivity contribution in [3.8, 4) is 5.75 Å². The van der Waals surface area contributed by atoms with Gasteiger partial charge in [0.25, 0.3) is 0 Å². The van der Waals surface area contributed by atoms with E-state index < -0.39 is 6.36 Å². The molecule has 0 aliphatic heterocycles. The van der Waals surface area contributed by atoms with Crippen LogP contribution in [0, 0.1) is 0 Å². The highest BCUT2D eigenvalue weighted by Crippen LogP contribution is 2.23. The normalized spacial score (nSPS) is 11.4. The number of benzene rings is 1. The molecule has 1 heterocycles. The van der Waals surface area contributed by atoms with E-state index in [-0.39, 0.29) is 11.0 Å². The lowest BCUT2D eigenvalue weighted by Gasteiger charge is -2.09. The van der Waals surface area contributed by atoms with Crippen molar-refractivity contribution >= 4 is 11.6 Å². The number of hydrogen-bond donors (Lipinski definition) is 0. The summed E-state index contributed by atoms with van der Waals surface area (Å²) in [6.07, 6.45) is -2.71. The van der Waals surface area contributed by atoms with Gasteiger partial charge in [-0.05, 0) is 35.4 Å². The van der Waals surface area contributed by atoms with E-state index in [9.17, 15) is 13.2 Å². The maximum absolute atomic E-state index is 12.0. The maximum atomic E-state index is 12.0. The van der Waals surface area contributed by atoms with Crippen LogP contribution in [0.3, 0.4) is 0 Å². The molecule has 0 saturated carbocycles. The molecule has 0 spiro atoms. The van der Waals surface area contributed by atoms with Gasteiger partial charge in [0.2, 0.25) is 5.28 Å². The second-order valence-corrected chi connectivity index (χ2v) is 4.02. The highest BCUT2D eigenvalue weighted by molar-refractivity contribution is 6.28. The van der Waals surface area contributed by atoms with Crippen molar-refractivity contribution in [2.24, 2.45) is 0 Å². The van der Waals surface area contributed by atoms with E-state index in [1.165, 1.54) is 30.5 Å². The molecule has 2 rings (SSSR count). The predicted molar refractivity (Wildman–Crippen MR) is 63.0 cm³/mol. The molecule has 0 N–H and O–H groups in total. The minimum Gasteiger partial charge on any atom is -0.406 e. The number of halogens is 4. The van der Waals surface area contributed by atoms with Crippen molar-refractivity contribution in [2.45, 2.75) is 12.8 Å². The summed E-state index contributed by atoms with van der Waals surface area (Å²) < 4.78 is 39.7. The summed E-state index contributed by atoms with van der Waals surface area (Å²) >= 11 is 5.64. The molecule has 1 aromatic carbocycles. The molecule has 0 unspecified atom stereocenters. The smallest absolute Gasteiger partial charge is 0.406 e. The molecule has 0 aliphatic rings. The lowest BCUT2D eigenvalue weighted by molar-refractivity contribution is -0.274. The van der Waals surface area contributed by atoms with Crippen LogP contribution in [0.15, 0.2) is 36.5 Å². The third kappa shape index (κ3) is 4.40. The van der Waals surface area contributed by atoms with Crippen molar-refractivity contribution in [1.29, 1.82) is 0 Å². The molecule has 0 aliphatic carbocycles. The zero-order chi connectivity index (χ0) is 13.9. The number of aromatic nitrogens is 2. The van der Waals surface area contributed by atoms with Crippen molar-refractivity contribution < 1.29 is 17.9 Å². The fraction of sp³-hybridized carbons (Fsp3) is 0.167. The Morgan fingerprint density at radius 2 is 1.79 bits per heavy atom. The van der Waals surface area contributed by atoms with Crippen molar-refractivity contribution in [2.75, 3.05) is 0 Å². The van der Waals surface area contributed by atoms with Gasteiger partial charge in [-0.25, -0.2) is 9.97 Å². The fourth-order valence-electron chi connectivity index (χ4n) is 1.49. The van der Waals surface area contributed by atoms with Crippen LogP contribution in [-0.4, -0.2) is 16.3 Å². The number of alkyl halides is 3. The monoisotopic (exact) mass is 288 g/mol. The van der Waals surface area contributed by atoms with E-state index in [0.717, 1.165) is 5.56 Å². The quantitative estimate of drug-likeness (QED) is 0.809. The van der Waals surface area contributed by atoms with Crippen LogP contribution in [0.25, 0.3) is 0 Å². The summed E-state index contributed by atoms with van der Waals surface area (Å²) in [4.78, 5) is 7.74. The van der Waals surface area contributed by atoms with Crippen LogP contribution in [0.2, 0.25) is 5.28 Å². The first-order valence-electron chi connectivity index (χ1n) is 5.24. The third-order valence-corrected chi connectivity index (χ3v) is 2.41. The molecule has 7 heteroatoms. The van der Waals surface area contributed by atoms with Crippen LogP contribution >= 0.6 is 11.6 Å². The van der Waals surface area contributed by atoms with E-state index in [2.05, 4.69) is 14.7 Å². The van der Waals surface area contributed by atoms with Gasteiger partial charge in [0, 0.05) is 18.3 Å². The Morgan fingerprint density at radius 3 is 2.37 bits per heavy atom. The lowest BCUT2D eigenvalue weighted by Crippen LogP contribution is -2.17. The molecular weight excluding hydrogens is 281 g/mol. The average Bonchev–Trinajstić information content (AvgIpc) is 2.30. The predicted octanol–water partition coefficient (Wildman–Crippen LogP) is 3.62. The van der Waals surface area contributed by atoms with E-state index in [4.69, 9.17) is 11.6 Å². The molecule has 0 atom stereocenters. The number of rotatable bonds is 3. The Balaban J connectivity index is 2.07. The maximum Gasteiger partial charge on any atom is 0.573 e. The van der Waals surface area contributed by atoms with Gasteiger partial charge in [0.1, 0.15) is 5.75 Å². The van der Waals surface area contributed by atoms with E-state index >= 15 is 0 Å². The first-order valence-corrected chi connectivity index (χ1v) is 5.62. The van der Waals surface area contributed by atoms with Gasteiger partial charge in [-0.1, -0.05) is 12.1 Å². The third-order valence-electron chi connectivity index (χ3n) is 2.23. The van der Waals surface area contributed by atoms with Crippen LogP contribution in [0.5, 0.6) is 5.75 Å². The molecule has 0 fully saturated rings. The number of ether oxygens (including phenoxy) is 1. The van der Waals surface area contributed by atoms with E-state index in [1.54, 1.807) is 6.07 Å². The zero-order valence-electron chi connectivity index (χ0n) is 9.49. The zero-order valence-corrected chi connectivity index (χ0v) is 10.2. The molecule has 0 saturated heterocycles. The molecule has 19 heavy (non-hydrogen) atoms. The topological polar surface area (TPSA) is 35.0 Å². The number of hydrogen-bond acceptors (Lipinski definition) is 3. The largest absolute Gasteiger partial charge is 0.573 e. The van der Waals surface area contributed by atoms with Gasteiger partial charge in [-0.15, -0.1) is 13.2 Å². The second-order valence-electron chi connectivity index (χ2n) is 3.69. The van der Waals surface area contributed by atoms with E-state index in [0.29, 0.717) is 12.1 Å². The fourth-order valence-corrected chi connectivity index (χ4v) is 1.65. The molecule has 3 nitrogen and oxygen atoms in total. The molecule has 100 valence electrons. The summed E-state index contributed by atoms with van der Waals surface area (Å²) in [6.45, 7) is 0. The summed E-state index contributed by atoms with van der Waals surface area (Å²) in [5.74, 6) is -0.253. The van der Waals surface area contributed by atoms with Gasteiger partial charge in [-0.3, -0.25) is 0 Å². The highest BCUT2D eigenvalue weighted by Gasteiger charge is 2.30. The Hall–Kier alpha value is -1.82. The summed E-state index contributed by atoms with van der Waals surface area (Å²) in [5, 5.41) is 0.134. The number of nitrogens with zero attached hydrogens (tertiary/aromatic N) is 2. The summed E-state index contributed by atoms with van der Waals surface area (Å²) in [5.41, 5.74) is 1.48. The van der Waals surface area contributed by atoms with Crippen LogP contribution in [0.4, 0.5) is 13.2 Å². The van der Waals surface area contributed by atoms with Gasteiger partial charge >= 0.3 is 6.36 Å². The molecule has 0 amide bonds. The first-order chi connectivity index (χ1) is 8.92. The van der Waals surface area contributed by atoms with Gasteiger partial charge in [0.05, 0.1) is 0 Å². The van der Waals surface area contributed by atoms with Gasteiger partial charge < -0.3 is 4.74 Å². The molecule has 2 aromatic rings. The highest BCUT2D eigenvalue weighted by atomic mass is 35.5. The van der Waals surface area contributed by atoms with Crippen molar-refractivity contribution in [3.05, 3.63) is 53.1 Å². The Labute approximate surface area is 112 Å². The van der Waals surface area contributed by atoms with Crippen LogP contribution in [-0.2, 0) is 6.42 Å². The van der Waals surface area contributed by atoms with Crippen LogP contribution < -0.4 is 4.74 Å². The van der Waals surface area contributed by atoms with Gasteiger partial charge in [-0.2, -0.15) is 0 Å². The van der Waals surface area contributed by atoms with Crippen molar-refractivity contribution in [1.82, 2.24) is 9.97 Å². The lowest BCUT2D eigenvalue weighted by atomic mass is 10.1. The van der Waals surface area contributed by atoms with Crippen LogP contribution in [0.1, 0.15) is 11.3 Å². The molecule has 1 aromatic heterocycles. The SMILES string of the molecule is FC(F)(F)Oc1ccc(Cc2ccnc(Cl)n2)cc1. The summed E-state index contributed by atoms with van der Waals surface area (Å²) in [6, 6.07) is 7.28. The van der Waals surface area contributed by atoms with Crippen molar-refractivity contribution in [3.63, 3.8) is 0 Å². The second kappa shape index (κ2) is 5.44. The first kappa shape index (κ1) is 13.6. The molecule has 0 radical (unpaired) electrons. The Kier molecular flexibility index (Phi) is 3.90. The minimum atomic E-state index is -4.68.